The summed E-state index contributed by atoms with van der Waals surface area (Å²) < 4.78 is 91.8. The van der Waals surface area contributed by atoms with E-state index in [1.54, 1.807) is 0 Å². The summed E-state index contributed by atoms with van der Waals surface area (Å²) >= 11 is 0. The second-order valence-corrected chi connectivity index (χ2v) is 7.79. The number of hydrogen-bond acceptors (Lipinski definition) is 2. The molecular formula is C19H20F7N3O2. The standard InChI is InChI=1S/C19H20F7N3O2/c1-9-16(30)27-4-5-29(9)17(31)28-15(11-6-12(7-11)18(21,22)23)10-2-3-14(20)13(8-10)19(24,25)26/h2-3,8-9,11-12,15H,4-7H2,1H3,(H,27,30)(H,28,31)/t9-,11?,12?,15-/m1/s1. The van der Waals surface area contributed by atoms with E-state index in [2.05, 4.69) is 10.6 Å². The highest BCUT2D eigenvalue weighted by Crippen LogP contribution is 2.50. The molecule has 1 saturated carbocycles. The smallest absolute Gasteiger partial charge is 0.353 e. The van der Waals surface area contributed by atoms with Crippen LogP contribution < -0.4 is 10.6 Å². The molecule has 1 aliphatic carbocycles. The van der Waals surface area contributed by atoms with Gasteiger partial charge < -0.3 is 15.5 Å². The van der Waals surface area contributed by atoms with Crippen LogP contribution in [0.2, 0.25) is 0 Å². The highest BCUT2D eigenvalue weighted by molar-refractivity contribution is 5.88. The minimum Gasteiger partial charge on any atom is -0.353 e. The molecule has 2 N–H and O–H groups in total. The lowest BCUT2D eigenvalue weighted by atomic mass is 9.69. The largest absolute Gasteiger partial charge is 0.419 e. The quantitative estimate of drug-likeness (QED) is 0.677. The predicted molar refractivity (Wildman–Crippen MR) is 94.1 cm³/mol. The molecular weight excluding hydrogens is 435 g/mol. The van der Waals surface area contributed by atoms with Gasteiger partial charge in [0.2, 0.25) is 5.91 Å². The fourth-order valence-corrected chi connectivity index (χ4v) is 3.90. The van der Waals surface area contributed by atoms with Crippen molar-refractivity contribution >= 4 is 11.9 Å². The summed E-state index contributed by atoms with van der Waals surface area (Å²) in [6.45, 7) is 1.74. The van der Waals surface area contributed by atoms with E-state index in [0.29, 0.717) is 12.1 Å². The Bertz CT molecular complexity index is 850. The normalized spacial score (nSPS) is 25.5. The first-order valence-electron chi connectivity index (χ1n) is 9.57. The van der Waals surface area contributed by atoms with Gasteiger partial charge in [0.15, 0.2) is 0 Å². The molecule has 0 bridgehead atoms. The van der Waals surface area contributed by atoms with Crippen molar-refractivity contribution in [2.45, 2.75) is 44.2 Å². The molecule has 1 aromatic rings. The van der Waals surface area contributed by atoms with Crippen LogP contribution in [0.4, 0.5) is 35.5 Å². The first-order chi connectivity index (χ1) is 14.3. The third-order valence-corrected chi connectivity index (χ3v) is 5.80. The summed E-state index contributed by atoms with van der Waals surface area (Å²) in [5, 5.41) is 5.02. The first-order valence-corrected chi connectivity index (χ1v) is 9.57. The van der Waals surface area contributed by atoms with Gasteiger partial charge in [0, 0.05) is 13.1 Å². The number of rotatable bonds is 3. The zero-order chi connectivity index (χ0) is 23.1. The number of hydrogen-bond donors (Lipinski definition) is 2. The Kier molecular flexibility index (Phi) is 6.12. The molecule has 31 heavy (non-hydrogen) atoms. The first kappa shape index (κ1) is 23.1. The number of amides is 3. The number of urea groups is 1. The summed E-state index contributed by atoms with van der Waals surface area (Å²) in [5.41, 5.74) is -1.72. The molecule has 5 nitrogen and oxygen atoms in total. The van der Waals surface area contributed by atoms with Crippen molar-refractivity contribution in [1.29, 1.82) is 0 Å². The maximum Gasteiger partial charge on any atom is 0.419 e. The minimum atomic E-state index is -5.01. The van der Waals surface area contributed by atoms with Crippen molar-refractivity contribution < 1.29 is 40.3 Å². The lowest BCUT2D eigenvalue weighted by molar-refractivity contribution is -0.206. The van der Waals surface area contributed by atoms with Gasteiger partial charge in [-0.3, -0.25) is 4.79 Å². The molecule has 3 rings (SSSR count). The number of nitrogens with zero attached hydrogens (tertiary/aromatic N) is 1. The Morgan fingerprint density at radius 2 is 1.84 bits per heavy atom. The SMILES string of the molecule is C[C@@H]1C(=O)NCCN1C(=O)N[C@H](c1ccc(F)c(C(F)(F)F)c1)C1CC(C(F)(F)F)C1. The molecule has 1 aliphatic heterocycles. The second-order valence-electron chi connectivity index (χ2n) is 7.79. The summed E-state index contributed by atoms with van der Waals surface area (Å²) in [7, 11) is 0. The van der Waals surface area contributed by atoms with Crippen LogP contribution >= 0.6 is 0 Å². The number of piperazine rings is 1. The maximum atomic E-state index is 13.7. The van der Waals surface area contributed by atoms with Crippen LogP contribution in [0.15, 0.2) is 18.2 Å². The Labute approximate surface area is 173 Å². The third-order valence-electron chi connectivity index (χ3n) is 5.80. The lowest BCUT2D eigenvalue weighted by Gasteiger charge is -2.43. The Morgan fingerprint density at radius 1 is 1.19 bits per heavy atom. The van der Waals surface area contributed by atoms with Crippen LogP contribution in [0.1, 0.15) is 36.9 Å². The summed E-state index contributed by atoms with van der Waals surface area (Å²) in [4.78, 5) is 25.7. The fourth-order valence-electron chi connectivity index (χ4n) is 3.90. The van der Waals surface area contributed by atoms with Crippen molar-refractivity contribution in [2.24, 2.45) is 11.8 Å². The van der Waals surface area contributed by atoms with E-state index < -0.39 is 59.6 Å². The number of alkyl halides is 6. The molecule has 3 amide bonds. The lowest BCUT2D eigenvalue weighted by Crippen LogP contribution is -2.59. The number of carbonyl (C=O) groups is 2. The van der Waals surface area contributed by atoms with Gasteiger partial charge in [0.1, 0.15) is 11.9 Å². The molecule has 2 aliphatic rings. The van der Waals surface area contributed by atoms with Crippen molar-refractivity contribution in [2.75, 3.05) is 13.1 Å². The molecule has 0 unspecified atom stereocenters. The van der Waals surface area contributed by atoms with E-state index in [0.717, 1.165) is 11.0 Å². The molecule has 172 valence electrons. The molecule has 0 spiro atoms. The number of benzene rings is 1. The number of nitrogens with one attached hydrogen (secondary N) is 2. The average Bonchev–Trinajstić information content (AvgIpc) is 2.60. The fraction of sp³-hybridized carbons (Fsp3) is 0.579. The summed E-state index contributed by atoms with van der Waals surface area (Å²) in [6, 6.07) is -0.756. The highest BCUT2D eigenvalue weighted by atomic mass is 19.4. The monoisotopic (exact) mass is 455 g/mol. The van der Waals surface area contributed by atoms with Gasteiger partial charge in [-0.2, -0.15) is 26.3 Å². The maximum absolute atomic E-state index is 13.7. The van der Waals surface area contributed by atoms with E-state index >= 15 is 0 Å². The molecule has 2 atom stereocenters. The van der Waals surface area contributed by atoms with Gasteiger partial charge in [-0.15, -0.1) is 0 Å². The molecule has 1 saturated heterocycles. The zero-order valence-electron chi connectivity index (χ0n) is 16.3. The van der Waals surface area contributed by atoms with Crippen LogP contribution in [-0.4, -0.2) is 42.1 Å². The third kappa shape index (κ3) is 4.87. The van der Waals surface area contributed by atoms with Crippen molar-refractivity contribution in [1.82, 2.24) is 15.5 Å². The van der Waals surface area contributed by atoms with Gasteiger partial charge in [-0.25, -0.2) is 9.18 Å². The van der Waals surface area contributed by atoms with E-state index in [4.69, 9.17) is 0 Å². The average molecular weight is 455 g/mol. The van der Waals surface area contributed by atoms with E-state index in [-0.39, 0.29) is 31.5 Å². The molecule has 2 fully saturated rings. The Hall–Kier alpha value is -2.53. The topological polar surface area (TPSA) is 61.4 Å². The molecule has 1 heterocycles. The summed E-state index contributed by atoms with van der Waals surface area (Å²) in [5.74, 6) is -4.38. The zero-order valence-corrected chi connectivity index (χ0v) is 16.3. The van der Waals surface area contributed by atoms with Crippen LogP contribution in [0.5, 0.6) is 0 Å². The second kappa shape index (κ2) is 8.19. The van der Waals surface area contributed by atoms with Crippen LogP contribution in [0.25, 0.3) is 0 Å². The predicted octanol–water partition coefficient (Wildman–Crippen LogP) is 4.00. The number of halogens is 7. The van der Waals surface area contributed by atoms with E-state index in [1.165, 1.54) is 6.92 Å². The highest BCUT2D eigenvalue weighted by Gasteiger charge is 2.50. The molecule has 0 aromatic heterocycles. The molecule has 0 radical (unpaired) electrons. The van der Waals surface area contributed by atoms with E-state index in [9.17, 15) is 40.3 Å². The molecule has 1 aromatic carbocycles. The van der Waals surface area contributed by atoms with Gasteiger partial charge in [-0.1, -0.05) is 6.07 Å². The van der Waals surface area contributed by atoms with Gasteiger partial charge in [-0.05, 0) is 43.4 Å². The Morgan fingerprint density at radius 3 is 2.42 bits per heavy atom. The van der Waals surface area contributed by atoms with Gasteiger partial charge in [0.05, 0.1) is 17.5 Å². The van der Waals surface area contributed by atoms with Crippen LogP contribution in [0.3, 0.4) is 0 Å². The summed E-state index contributed by atoms with van der Waals surface area (Å²) in [6.07, 6.45) is -10.2. The van der Waals surface area contributed by atoms with Crippen molar-refractivity contribution in [3.05, 3.63) is 35.1 Å². The van der Waals surface area contributed by atoms with Crippen molar-refractivity contribution in [3.63, 3.8) is 0 Å². The van der Waals surface area contributed by atoms with Gasteiger partial charge >= 0.3 is 18.4 Å². The van der Waals surface area contributed by atoms with Crippen LogP contribution in [-0.2, 0) is 11.0 Å². The van der Waals surface area contributed by atoms with Gasteiger partial charge in [0.25, 0.3) is 0 Å². The van der Waals surface area contributed by atoms with E-state index in [1.807, 2.05) is 0 Å². The van der Waals surface area contributed by atoms with Crippen molar-refractivity contribution in [3.8, 4) is 0 Å². The molecule has 12 heteroatoms. The Balaban J connectivity index is 1.88. The minimum absolute atomic E-state index is 0.124. The number of carbonyl (C=O) groups excluding carboxylic acids is 2. The van der Waals surface area contributed by atoms with Crippen LogP contribution in [0, 0.1) is 17.7 Å².